The molecule has 2 aromatic heterocycles. The highest BCUT2D eigenvalue weighted by Crippen LogP contribution is 2.47. The van der Waals surface area contributed by atoms with Crippen LogP contribution in [-0.4, -0.2) is 9.13 Å². The van der Waals surface area contributed by atoms with Gasteiger partial charge < -0.3 is 9.13 Å². The van der Waals surface area contributed by atoms with Crippen LogP contribution in [0.4, 0.5) is 0 Å². The Morgan fingerprint density at radius 2 is 0.529 bits per heavy atom. The van der Waals surface area contributed by atoms with Crippen LogP contribution in [0, 0.1) is 113 Å². The van der Waals surface area contributed by atoms with Crippen molar-refractivity contribution < 1.29 is 0 Å². The Kier molecular flexibility index (Phi) is 13.2. The molecule has 0 aliphatic rings. The molecule has 0 fully saturated rings. The summed E-state index contributed by atoms with van der Waals surface area (Å²) >= 11 is 0. The Hall–Kier alpha value is -10.0. The fraction of sp³-hybridized carbons (Fsp3) is 0.160. The molecule has 11 aromatic carbocycles. The largest absolute Gasteiger partial charge is 0.309 e. The summed E-state index contributed by atoms with van der Waals surface area (Å²) in [4.78, 5) is 0. The van der Waals surface area contributed by atoms with Crippen molar-refractivity contribution in [3.63, 3.8) is 0 Å². The Labute approximate surface area is 500 Å². The number of aryl methyl sites for hydroxylation is 13. The monoisotopic (exact) mass is 1100 g/mol. The maximum atomic E-state index is 11.0. The van der Waals surface area contributed by atoms with Gasteiger partial charge in [0.2, 0.25) is 0 Å². The molecule has 13 rings (SSSR count). The van der Waals surface area contributed by atoms with E-state index in [-0.39, 0.29) is 0 Å². The molecule has 0 aliphatic carbocycles. The highest BCUT2D eigenvalue weighted by atomic mass is 15.0. The molecule has 13 aromatic rings. The van der Waals surface area contributed by atoms with Crippen molar-refractivity contribution >= 4 is 43.6 Å². The van der Waals surface area contributed by atoms with Crippen LogP contribution in [0.25, 0.3) is 122 Å². The SMILES string of the molecule is Cc1cc(C)c(-c2ccc3c(c2)c2cc(-c4c(C)cc(C)cc4C)ccc2n3-c2ccc(C#N)cc2-c2cc(-c3ccc(C#N)cc3C)ccc2-n2c3ccc(-c4c(C)cc(C)cc4C)cc3c3cc(-c4c(C)cc(C)cc4C)ccc32)c(C)c1. The van der Waals surface area contributed by atoms with Crippen molar-refractivity contribution in [2.75, 3.05) is 0 Å². The third-order valence-electron chi connectivity index (χ3n) is 18.0. The van der Waals surface area contributed by atoms with E-state index in [2.05, 4.69) is 269 Å². The maximum absolute atomic E-state index is 11.0. The number of hydrogen-bond acceptors (Lipinski definition) is 2. The summed E-state index contributed by atoms with van der Waals surface area (Å²) in [6.07, 6.45) is 0. The highest BCUT2D eigenvalue weighted by Gasteiger charge is 2.25. The molecule has 0 amide bonds. The quantitative estimate of drug-likeness (QED) is 0.152. The smallest absolute Gasteiger partial charge is 0.0991 e. The predicted octanol–water partition coefficient (Wildman–Crippen LogP) is 21.6. The maximum Gasteiger partial charge on any atom is 0.0991 e. The van der Waals surface area contributed by atoms with Crippen LogP contribution >= 0.6 is 0 Å². The van der Waals surface area contributed by atoms with Gasteiger partial charge in [0.15, 0.2) is 0 Å². The lowest BCUT2D eigenvalue weighted by molar-refractivity contribution is 1.16. The topological polar surface area (TPSA) is 57.4 Å². The number of aromatic nitrogens is 2. The minimum atomic E-state index is 0.565. The van der Waals surface area contributed by atoms with Crippen molar-refractivity contribution in [3.05, 3.63) is 259 Å². The molecule has 412 valence electrons. The third kappa shape index (κ3) is 9.13. The Balaban J connectivity index is 1.14. The zero-order valence-electron chi connectivity index (χ0n) is 51.0. The van der Waals surface area contributed by atoms with Gasteiger partial charge >= 0.3 is 0 Å². The summed E-state index contributed by atoms with van der Waals surface area (Å²) in [5.74, 6) is 0. The van der Waals surface area contributed by atoms with Crippen LogP contribution in [0.3, 0.4) is 0 Å². The number of fused-ring (bicyclic) bond motifs is 6. The second-order valence-corrected chi connectivity index (χ2v) is 24.4. The zero-order valence-corrected chi connectivity index (χ0v) is 51.0. The van der Waals surface area contributed by atoms with Crippen molar-refractivity contribution in [3.8, 4) is 90.3 Å². The number of nitriles is 2. The molecule has 0 saturated heterocycles. The molecular formula is C81H68N4. The van der Waals surface area contributed by atoms with Gasteiger partial charge in [-0.2, -0.15) is 10.5 Å². The first kappa shape index (κ1) is 54.3. The van der Waals surface area contributed by atoms with Gasteiger partial charge in [-0.1, -0.05) is 107 Å². The van der Waals surface area contributed by atoms with Crippen molar-refractivity contribution in [1.29, 1.82) is 10.5 Å². The summed E-state index contributed by atoms with van der Waals surface area (Å²) in [6.45, 7) is 28.6. The highest BCUT2D eigenvalue weighted by molar-refractivity contribution is 6.14. The van der Waals surface area contributed by atoms with E-state index in [0.29, 0.717) is 11.1 Å². The second-order valence-electron chi connectivity index (χ2n) is 24.4. The molecule has 0 N–H and O–H groups in total. The van der Waals surface area contributed by atoms with Gasteiger partial charge in [-0.3, -0.25) is 0 Å². The first-order valence-electron chi connectivity index (χ1n) is 29.6. The fourth-order valence-corrected chi connectivity index (χ4v) is 14.9. The summed E-state index contributed by atoms with van der Waals surface area (Å²) in [5, 5.41) is 25.6. The molecule has 4 nitrogen and oxygen atoms in total. The van der Waals surface area contributed by atoms with Gasteiger partial charge in [-0.15, -0.1) is 0 Å². The third-order valence-corrected chi connectivity index (χ3v) is 18.0. The normalized spacial score (nSPS) is 11.6. The van der Waals surface area contributed by atoms with Gasteiger partial charge in [0.05, 0.1) is 56.7 Å². The Bertz CT molecular complexity index is 4790. The molecule has 0 spiro atoms. The molecule has 0 bridgehead atoms. The van der Waals surface area contributed by atoms with E-state index in [9.17, 15) is 10.5 Å². The van der Waals surface area contributed by atoms with Gasteiger partial charge in [0.25, 0.3) is 0 Å². The average Bonchev–Trinajstić information content (AvgIpc) is 2.16. The van der Waals surface area contributed by atoms with Crippen LogP contribution in [0.5, 0.6) is 0 Å². The predicted molar refractivity (Wildman–Crippen MR) is 359 cm³/mol. The van der Waals surface area contributed by atoms with E-state index < -0.39 is 0 Å². The van der Waals surface area contributed by atoms with Crippen LogP contribution in [0.2, 0.25) is 0 Å². The number of hydrogen-bond donors (Lipinski definition) is 0. The number of benzene rings is 11. The van der Waals surface area contributed by atoms with Crippen LogP contribution in [0.1, 0.15) is 83.5 Å². The van der Waals surface area contributed by atoms with Crippen LogP contribution in [0.15, 0.2) is 176 Å². The molecule has 0 unspecified atom stereocenters. The van der Waals surface area contributed by atoms with Crippen molar-refractivity contribution in [2.45, 2.75) is 90.0 Å². The van der Waals surface area contributed by atoms with Gasteiger partial charge in [0, 0.05) is 32.7 Å². The molecular weight excluding hydrogens is 1030 g/mol. The first-order valence-corrected chi connectivity index (χ1v) is 29.6. The lowest BCUT2D eigenvalue weighted by Crippen LogP contribution is -2.03. The molecule has 0 saturated carbocycles. The van der Waals surface area contributed by atoms with E-state index in [1.165, 1.54) is 111 Å². The Morgan fingerprint density at radius 3 is 0.847 bits per heavy atom. The number of nitrogens with zero attached hydrogens (tertiary/aromatic N) is 4. The van der Waals surface area contributed by atoms with E-state index in [1.807, 2.05) is 18.2 Å². The molecule has 0 radical (unpaired) electrons. The first-order chi connectivity index (χ1) is 40.9. The van der Waals surface area contributed by atoms with Gasteiger partial charge in [-0.25, -0.2) is 0 Å². The van der Waals surface area contributed by atoms with Crippen LogP contribution < -0.4 is 0 Å². The van der Waals surface area contributed by atoms with Crippen molar-refractivity contribution in [1.82, 2.24) is 9.13 Å². The molecule has 2 heterocycles. The fourth-order valence-electron chi connectivity index (χ4n) is 14.9. The Morgan fingerprint density at radius 1 is 0.247 bits per heavy atom. The number of rotatable bonds is 8. The molecule has 85 heavy (non-hydrogen) atoms. The minimum Gasteiger partial charge on any atom is -0.309 e. The minimum absolute atomic E-state index is 0.565. The molecule has 4 heteroatoms. The second kappa shape index (κ2) is 20.7. The zero-order chi connectivity index (χ0) is 59.4. The summed E-state index contributed by atoms with van der Waals surface area (Å²) < 4.78 is 4.89. The van der Waals surface area contributed by atoms with E-state index in [1.54, 1.807) is 0 Å². The molecule has 0 aliphatic heterocycles. The van der Waals surface area contributed by atoms with E-state index >= 15 is 0 Å². The lowest BCUT2D eigenvalue weighted by atomic mass is 9.91. The van der Waals surface area contributed by atoms with Gasteiger partial charge in [0.1, 0.15) is 0 Å². The summed E-state index contributed by atoms with van der Waals surface area (Å²) in [5.41, 5.74) is 37.2. The lowest BCUT2D eigenvalue weighted by Gasteiger charge is -2.21. The summed E-state index contributed by atoms with van der Waals surface area (Å²) in [7, 11) is 0. The standard InChI is InChI=1S/C81H68N4/c1-45-28-50(6)78(51(7)29-45)61-17-24-74-68(39-61)69-40-62(79-52(8)30-46(2)31-53(79)9)18-25-75(69)84(74)72-22-15-59(44-83)37-66(72)67-38-60(65-21-14-58(43-82)36-49(65)5)16-23-73(67)85-76-26-19-63(80-54(10)32-47(3)33-55(80)11)41-70(76)71-42-64(20-27-77(71)85)81-56(12)34-48(4)35-57(81)13/h14-42H,1-13H3. The van der Waals surface area contributed by atoms with Gasteiger partial charge in [-0.05, 0) is 287 Å². The summed E-state index contributed by atoms with van der Waals surface area (Å²) in [6, 6.07) is 70.3. The molecule has 0 atom stereocenters. The average molecular weight is 1100 g/mol. The van der Waals surface area contributed by atoms with E-state index in [0.717, 1.165) is 82.8 Å². The van der Waals surface area contributed by atoms with Crippen LogP contribution in [-0.2, 0) is 0 Å². The van der Waals surface area contributed by atoms with E-state index in [4.69, 9.17) is 0 Å². The van der Waals surface area contributed by atoms with Crippen molar-refractivity contribution in [2.24, 2.45) is 0 Å².